The van der Waals surface area contributed by atoms with Gasteiger partial charge >= 0.3 is 6.03 Å². The zero-order chi connectivity index (χ0) is 16.7. The van der Waals surface area contributed by atoms with Crippen molar-refractivity contribution in [1.29, 1.82) is 0 Å². The first-order valence-electron chi connectivity index (χ1n) is 7.68. The standard InChI is InChI=1S/C15H22N4O4/c1-10(13(20)18-9-12-3-2-8-23-12)19-15(22)17-7-6-16-14(21)11-4-5-11/h2-3,8,10-11H,4-7,9H2,1H3,(H,16,21)(H,18,20)(H2,17,19,22)/t10-/m0/s1. The molecular weight excluding hydrogens is 300 g/mol. The summed E-state index contributed by atoms with van der Waals surface area (Å²) in [6.07, 6.45) is 3.42. The van der Waals surface area contributed by atoms with E-state index in [1.165, 1.54) is 6.26 Å². The molecule has 1 fully saturated rings. The molecule has 1 aliphatic rings. The van der Waals surface area contributed by atoms with Crippen molar-refractivity contribution in [3.8, 4) is 0 Å². The average molecular weight is 322 g/mol. The highest BCUT2D eigenvalue weighted by Gasteiger charge is 2.29. The van der Waals surface area contributed by atoms with Crippen molar-refractivity contribution < 1.29 is 18.8 Å². The van der Waals surface area contributed by atoms with Gasteiger partial charge in [-0.2, -0.15) is 0 Å². The molecule has 1 aromatic rings. The van der Waals surface area contributed by atoms with Crippen molar-refractivity contribution in [3.05, 3.63) is 24.2 Å². The summed E-state index contributed by atoms with van der Waals surface area (Å²) < 4.78 is 5.10. The van der Waals surface area contributed by atoms with Crippen molar-refractivity contribution in [1.82, 2.24) is 21.3 Å². The van der Waals surface area contributed by atoms with E-state index in [0.717, 1.165) is 12.8 Å². The van der Waals surface area contributed by atoms with E-state index in [1.54, 1.807) is 19.1 Å². The van der Waals surface area contributed by atoms with Gasteiger partial charge < -0.3 is 25.7 Å². The molecule has 1 heterocycles. The molecule has 0 radical (unpaired) electrons. The Hall–Kier alpha value is -2.51. The van der Waals surface area contributed by atoms with Crippen molar-refractivity contribution in [2.45, 2.75) is 32.4 Å². The van der Waals surface area contributed by atoms with Crippen molar-refractivity contribution in [3.63, 3.8) is 0 Å². The van der Waals surface area contributed by atoms with E-state index in [4.69, 9.17) is 4.42 Å². The fraction of sp³-hybridized carbons (Fsp3) is 0.533. The molecule has 0 bridgehead atoms. The number of carbonyl (C=O) groups excluding carboxylic acids is 3. The van der Waals surface area contributed by atoms with Crippen LogP contribution in [0.2, 0.25) is 0 Å². The molecule has 1 aliphatic carbocycles. The zero-order valence-electron chi connectivity index (χ0n) is 13.1. The summed E-state index contributed by atoms with van der Waals surface area (Å²) in [7, 11) is 0. The number of carbonyl (C=O) groups is 3. The lowest BCUT2D eigenvalue weighted by atomic mass is 10.3. The first kappa shape index (κ1) is 16.9. The average Bonchev–Trinajstić information content (AvgIpc) is 3.25. The Bertz CT molecular complexity index is 540. The van der Waals surface area contributed by atoms with Crippen LogP contribution in [0.15, 0.2) is 22.8 Å². The van der Waals surface area contributed by atoms with E-state index < -0.39 is 12.1 Å². The minimum Gasteiger partial charge on any atom is -0.467 e. The van der Waals surface area contributed by atoms with E-state index in [2.05, 4.69) is 21.3 Å². The van der Waals surface area contributed by atoms with Crippen LogP contribution in [0.4, 0.5) is 4.79 Å². The van der Waals surface area contributed by atoms with Gasteiger partial charge in [0, 0.05) is 19.0 Å². The minimum absolute atomic E-state index is 0.0397. The molecule has 1 saturated carbocycles. The summed E-state index contributed by atoms with van der Waals surface area (Å²) in [6, 6.07) is 2.36. The molecular formula is C15H22N4O4. The molecule has 1 aromatic heterocycles. The lowest BCUT2D eigenvalue weighted by molar-refractivity contribution is -0.123. The summed E-state index contributed by atoms with van der Waals surface area (Å²) in [5, 5.41) is 10.5. The molecule has 0 saturated heterocycles. The third-order valence-corrected chi connectivity index (χ3v) is 3.42. The van der Waals surface area contributed by atoms with Gasteiger partial charge in [0.1, 0.15) is 11.8 Å². The van der Waals surface area contributed by atoms with E-state index in [-0.39, 0.29) is 24.3 Å². The highest BCUT2D eigenvalue weighted by atomic mass is 16.3. The molecule has 0 spiro atoms. The second kappa shape index (κ2) is 8.21. The molecule has 126 valence electrons. The maximum absolute atomic E-state index is 11.8. The summed E-state index contributed by atoms with van der Waals surface area (Å²) >= 11 is 0. The van der Waals surface area contributed by atoms with Crippen LogP contribution in [-0.4, -0.2) is 37.0 Å². The molecule has 8 nitrogen and oxygen atoms in total. The monoisotopic (exact) mass is 322 g/mol. The van der Waals surface area contributed by atoms with E-state index in [9.17, 15) is 14.4 Å². The van der Waals surface area contributed by atoms with Crippen LogP contribution in [0.1, 0.15) is 25.5 Å². The van der Waals surface area contributed by atoms with E-state index in [1.807, 2.05) is 0 Å². The smallest absolute Gasteiger partial charge is 0.315 e. The quantitative estimate of drug-likeness (QED) is 0.509. The molecule has 4 amide bonds. The second-order valence-electron chi connectivity index (χ2n) is 5.48. The summed E-state index contributed by atoms with van der Waals surface area (Å²) in [5.41, 5.74) is 0. The number of hydrogen-bond donors (Lipinski definition) is 4. The van der Waals surface area contributed by atoms with E-state index in [0.29, 0.717) is 18.8 Å². The lowest BCUT2D eigenvalue weighted by Crippen LogP contribution is -2.49. The largest absolute Gasteiger partial charge is 0.467 e. The van der Waals surface area contributed by atoms with Gasteiger partial charge in [-0.3, -0.25) is 9.59 Å². The van der Waals surface area contributed by atoms with E-state index >= 15 is 0 Å². The van der Waals surface area contributed by atoms with Crippen molar-refractivity contribution in [2.75, 3.05) is 13.1 Å². The predicted octanol–water partition coefficient (Wildman–Crippen LogP) is 0.110. The Labute approximate surface area is 134 Å². The molecule has 4 N–H and O–H groups in total. The maximum Gasteiger partial charge on any atom is 0.315 e. The van der Waals surface area contributed by atoms with Crippen LogP contribution in [0.25, 0.3) is 0 Å². The molecule has 0 unspecified atom stereocenters. The van der Waals surface area contributed by atoms with Crippen LogP contribution in [-0.2, 0) is 16.1 Å². The first-order chi connectivity index (χ1) is 11.1. The van der Waals surface area contributed by atoms with Gasteiger partial charge in [0.2, 0.25) is 11.8 Å². The Kier molecular flexibility index (Phi) is 6.02. The third-order valence-electron chi connectivity index (χ3n) is 3.42. The van der Waals surface area contributed by atoms with Crippen LogP contribution in [0.5, 0.6) is 0 Å². The molecule has 0 aromatic carbocycles. The predicted molar refractivity (Wildman–Crippen MR) is 82.3 cm³/mol. The number of furan rings is 1. The van der Waals surface area contributed by atoms with Gasteiger partial charge in [-0.25, -0.2) is 4.79 Å². The molecule has 1 atom stereocenters. The molecule has 2 rings (SSSR count). The normalized spacial score (nSPS) is 14.7. The molecule has 8 heteroatoms. The zero-order valence-corrected chi connectivity index (χ0v) is 13.1. The van der Waals surface area contributed by atoms with Gasteiger partial charge in [0.15, 0.2) is 0 Å². The summed E-state index contributed by atoms with van der Waals surface area (Å²) in [6.45, 7) is 2.55. The van der Waals surface area contributed by atoms with Gasteiger partial charge in [-0.1, -0.05) is 0 Å². The SMILES string of the molecule is C[C@H](NC(=O)NCCNC(=O)C1CC1)C(=O)NCc1ccco1. The number of hydrogen-bond acceptors (Lipinski definition) is 4. The second-order valence-corrected chi connectivity index (χ2v) is 5.48. The summed E-state index contributed by atoms with van der Waals surface area (Å²) in [5.74, 6) is 0.527. The van der Waals surface area contributed by atoms with Crippen LogP contribution >= 0.6 is 0 Å². The fourth-order valence-electron chi connectivity index (χ4n) is 1.91. The Morgan fingerprint density at radius 1 is 1.22 bits per heavy atom. The maximum atomic E-state index is 11.8. The van der Waals surface area contributed by atoms with Gasteiger partial charge in [-0.15, -0.1) is 0 Å². The highest BCUT2D eigenvalue weighted by molar-refractivity contribution is 5.86. The number of nitrogens with one attached hydrogen (secondary N) is 4. The Morgan fingerprint density at radius 3 is 2.61 bits per heavy atom. The molecule has 23 heavy (non-hydrogen) atoms. The fourth-order valence-corrected chi connectivity index (χ4v) is 1.91. The van der Waals surface area contributed by atoms with Crippen molar-refractivity contribution in [2.24, 2.45) is 5.92 Å². The van der Waals surface area contributed by atoms with Crippen molar-refractivity contribution >= 4 is 17.8 Å². The van der Waals surface area contributed by atoms with Crippen LogP contribution in [0, 0.1) is 5.92 Å². The third kappa shape index (κ3) is 6.01. The topological polar surface area (TPSA) is 112 Å². The highest BCUT2D eigenvalue weighted by Crippen LogP contribution is 2.28. The Balaban J connectivity index is 1.55. The Morgan fingerprint density at radius 2 is 1.96 bits per heavy atom. The first-order valence-corrected chi connectivity index (χ1v) is 7.68. The minimum atomic E-state index is -0.675. The van der Waals surface area contributed by atoms with Crippen LogP contribution < -0.4 is 21.3 Å². The number of amides is 4. The van der Waals surface area contributed by atoms with Gasteiger partial charge in [0.25, 0.3) is 0 Å². The summed E-state index contributed by atoms with van der Waals surface area (Å²) in [4.78, 5) is 34.9. The lowest BCUT2D eigenvalue weighted by Gasteiger charge is -2.14. The van der Waals surface area contributed by atoms with Crippen LogP contribution in [0.3, 0.4) is 0 Å². The molecule has 0 aliphatic heterocycles. The number of urea groups is 1. The van der Waals surface area contributed by atoms with Gasteiger partial charge in [0.05, 0.1) is 12.8 Å². The van der Waals surface area contributed by atoms with Gasteiger partial charge in [-0.05, 0) is 31.9 Å². The number of rotatable bonds is 8.